The smallest absolute Gasteiger partial charge is 0.324 e. The number of alkyl halides is 3. The lowest BCUT2D eigenvalue weighted by molar-refractivity contribution is -0.137. The minimum Gasteiger partial charge on any atom is -0.324 e. The Morgan fingerprint density at radius 1 is 0.963 bits per heavy atom. The standard InChI is InChI=1S/C20H17F3N2OS/c21-20(22,23)15-9-4-5-10-16(15)25-18(26)13-24-19(17-11-6-12-27-17)14-7-2-1-3-8-14/h1-12,19,24H,13H2,(H,25,26)/t19-/m1/s1. The van der Waals surface area contributed by atoms with Gasteiger partial charge in [-0.05, 0) is 29.1 Å². The molecule has 7 heteroatoms. The Bertz CT molecular complexity index is 880. The number of amides is 1. The van der Waals surface area contributed by atoms with Gasteiger partial charge in [0.1, 0.15) is 0 Å². The highest BCUT2D eigenvalue weighted by Gasteiger charge is 2.33. The second-order valence-electron chi connectivity index (χ2n) is 5.83. The van der Waals surface area contributed by atoms with Gasteiger partial charge in [-0.15, -0.1) is 11.3 Å². The molecule has 0 saturated carbocycles. The van der Waals surface area contributed by atoms with Crippen LogP contribution in [0.1, 0.15) is 22.0 Å². The minimum atomic E-state index is -4.53. The number of carbonyl (C=O) groups excluding carboxylic acids is 1. The molecule has 0 fully saturated rings. The summed E-state index contributed by atoms with van der Waals surface area (Å²) in [6.07, 6.45) is -4.53. The number of rotatable bonds is 6. The molecule has 27 heavy (non-hydrogen) atoms. The van der Waals surface area contributed by atoms with Crippen LogP contribution >= 0.6 is 11.3 Å². The van der Waals surface area contributed by atoms with Crippen molar-refractivity contribution in [1.82, 2.24) is 5.32 Å². The van der Waals surface area contributed by atoms with Gasteiger partial charge in [-0.1, -0.05) is 48.5 Å². The Kier molecular flexibility index (Phi) is 5.93. The van der Waals surface area contributed by atoms with E-state index in [2.05, 4.69) is 10.6 Å². The number of hydrogen-bond acceptors (Lipinski definition) is 3. The summed E-state index contributed by atoms with van der Waals surface area (Å²) in [5.74, 6) is -0.538. The largest absolute Gasteiger partial charge is 0.418 e. The topological polar surface area (TPSA) is 41.1 Å². The molecule has 1 amide bonds. The van der Waals surface area contributed by atoms with Gasteiger partial charge in [0.25, 0.3) is 0 Å². The van der Waals surface area contributed by atoms with E-state index in [4.69, 9.17) is 0 Å². The summed E-state index contributed by atoms with van der Waals surface area (Å²) in [4.78, 5) is 13.3. The molecule has 3 aromatic rings. The summed E-state index contributed by atoms with van der Waals surface area (Å²) in [5.41, 5.74) is -0.135. The summed E-state index contributed by atoms with van der Waals surface area (Å²) in [5, 5.41) is 7.42. The number of thiophene rings is 1. The molecule has 0 unspecified atom stereocenters. The maximum absolute atomic E-state index is 13.1. The fourth-order valence-electron chi connectivity index (χ4n) is 2.71. The predicted molar refractivity (Wildman–Crippen MR) is 101 cm³/mol. The van der Waals surface area contributed by atoms with Gasteiger partial charge in [0, 0.05) is 4.88 Å². The summed E-state index contributed by atoms with van der Waals surface area (Å²) >= 11 is 1.54. The Hall–Kier alpha value is -2.64. The van der Waals surface area contributed by atoms with Crippen molar-refractivity contribution in [2.24, 2.45) is 0 Å². The van der Waals surface area contributed by atoms with E-state index in [1.807, 2.05) is 47.8 Å². The van der Waals surface area contributed by atoms with Crippen molar-refractivity contribution in [1.29, 1.82) is 0 Å². The SMILES string of the molecule is O=C(CN[C@H](c1ccccc1)c1cccs1)Nc1ccccc1C(F)(F)F. The third kappa shape index (κ3) is 4.96. The van der Waals surface area contributed by atoms with Crippen LogP contribution in [-0.2, 0) is 11.0 Å². The fourth-order valence-corrected chi connectivity index (χ4v) is 3.54. The molecule has 0 radical (unpaired) electrons. The molecule has 1 aromatic heterocycles. The van der Waals surface area contributed by atoms with Gasteiger partial charge in [0.15, 0.2) is 0 Å². The zero-order valence-electron chi connectivity index (χ0n) is 14.2. The van der Waals surface area contributed by atoms with Crippen LogP contribution < -0.4 is 10.6 Å². The van der Waals surface area contributed by atoms with Crippen molar-refractivity contribution in [3.8, 4) is 0 Å². The average molecular weight is 390 g/mol. The molecular formula is C20H17F3N2OS. The first-order valence-corrected chi connectivity index (χ1v) is 9.11. The van der Waals surface area contributed by atoms with Gasteiger partial charge in [-0.2, -0.15) is 13.2 Å². The number of hydrogen-bond donors (Lipinski definition) is 2. The lowest BCUT2D eigenvalue weighted by atomic mass is 10.1. The number of anilines is 1. The normalized spacial score (nSPS) is 12.6. The number of nitrogens with one attached hydrogen (secondary N) is 2. The lowest BCUT2D eigenvalue weighted by Crippen LogP contribution is -2.32. The molecule has 3 rings (SSSR count). The van der Waals surface area contributed by atoms with Crippen LogP contribution in [0, 0.1) is 0 Å². The summed E-state index contributed by atoms with van der Waals surface area (Å²) in [7, 11) is 0. The molecule has 2 N–H and O–H groups in total. The fraction of sp³-hybridized carbons (Fsp3) is 0.150. The Balaban J connectivity index is 1.71. The zero-order valence-corrected chi connectivity index (χ0v) is 15.0. The first-order chi connectivity index (χ1) is 12.9. The second-order valence-corrected chi connectivity index (χ2v) is 6.81. The molecule has 0 aliphatic heterocycles. The van der Waals surface area contributed by atoms with E-state index in [9.17, 15) is 18.0 Å². The monoisotopic (exact) mass is 390 g/mol. The molecule has 0 aliphatic rings. The molecule has 2 aromatic carbocycles. The number of carbonyl (C=O) groups is 1. The number of para-hydroxylation sites is 1. The van der Waals surface area contributed by atoms with Gasteiger partial charge in [-0.25, -0.2) is 0 Å². The van der Waals surface area contributed by atoms with Crippen molar-refractivity contribution < 1.29 is 18.0 Å². The van der Waals surface area contributed by atoms with Gasteiger partial charge < -0.3 is 5.32 Å². The van der Waals surface area contributed by atoms with Crippen LogP contribution in [0.25, 0.3) is 0 Å². The predicted octanol–water partition coefficient (Wildman–Crippen LogP) is 5.08. The minimum absolute atomic E-state index is 0.121. The molecular weight excluding hydrogens is 373 g/mol. The van der Waals surface area contributed by atoms with Gasteiger partial charge in [0.05, 0.1) is 23.8 Å². The number of halogens is 3. The van der Waals surface area contributed by atoms with E-state index in [1.165, 1.54) is 18.2 Å². The molecule has 1 heterocycles. The highest BCUT2D eigenvalue weighted by atomic mass is 32.1. The highest BCUT2D eigenvalue weighted by Crippen LogP contribution is 2.34. The van der Waals surface area contributed by atoms with E-state index in [0.29, 0.717) is 0 Å². The summed E-state index contributed by atoms with van der Waals surface area (Å²) in [6.45, 7) is -0.121. The third-order valence-electron chi connectivity index (χ3n) is 3.93. The van der Waals surface area contributed by atoms with Crippen LogP contribution in [0.4, 0.5) is 18.9 Å². The van der Waals surface area contributed by atoms with Gasteiger partial charge in [-0.3, -0.25) is 10.1 Å². The van der Waals surface area contributed by atoms with Crippen molar-refractivity contribution in [2.45, 2.75) is 12.2 Å². The van der Waals surface area contributed by atoms with Gasteiger partial charge in [0.2, 0.25) is 5.91 Å². The van der Waals surface area contributed by atoms with E-state index < -0.39 is 17.6 Å². The van der Waals surface area contributed by atoms with Crippen molar-refractivity contribution in [3.05, 3.63) is 88.1 Å². The molecule has 140 valence electrons. The van der Waals surface area contributed by atoms with Crippen LogP contribution in [-0.4, -0.2) is 12.5 Å². The molecule has 0 aliphatic carbocycles. The van der Waals surface area contributed by atoms with Crippen molar-refractivity contribution in [2.75, 3.05) is 11.9 Å². The molecule has 3 nitrogen and oxygen atoms in total. The van der Waals surface area contributed by atoms with E-state index >= 15 is 0 Å². The van der Waals surface area contributed by atoms with Gasteiger partial charge >= 0.3 is 6.18 Å². The molecule has 0 saturated heterocycles. The van der Waals surface area contributed by atoms with Crippen LogP contribution in [0.3, 0.4) is 0 Å². The van der Waals surface area contributed by atoms with E-state index in [-0.39, 0.29) is 18.3 Å². The quantitative estimate of drug-likeness (QED) is 0.616. The van der Waals surface area contributed by atoms with Crippen molar-refractivity contribution in [3.63, 3.8) is 0 Å². The average Bonchev–Trinajstić information content (AvgIpc) is 3.17. The molecule has 0 spiro atoms. The molecule has 0 bridgehead atoms. The lowest BCUT2D eigenvalue weighted by Gasteiger charge is -2.18. The van der Waals surface area contributed by atoms with E-state index in [0.717, 1.165) is 16.5 Å². The first-order valence-electron chi connectivity index (χ1n) is 8.23. The van der Waals surface area contributed by atoms with Crippen LogP contribution in [0.5, 0.6) is 0 Å². The summed E-state index contributed by atoms with van der Waals surface area (Å²) in [6, 6.07) is 18.2. The Morgan fingerprint density at radius 3 is 2.33 bits per heavy atom. The van der Waals surface area contributed by atoms with Crippen LogP contribution in [0.15, 0.2) is 72.1 Å². The number of benzene rings is 2. The first kappa shape index (κ1) is 19.1. The Labute approximate surface area is 158 Å². The van der Waals surface area contributed by atoms with Crippen LogP contribution in [0.2, 0.25) is 0 Å². The van der Waals surface area contributed by atoms with Crippen molar-refractivity contribution >= 4 is 22.9 Å². The zero-order chi connectivity index (χ0) is 19.3. The van der Waals surface area contributed by atoms with E-state index in [1.54, 1.807) is 11.3 Å². The Morgan fingerprint density at radius 2 is 1.67 bits per heavy atom. The summed E-state index contributed by atoms with van der Waals surface area (Å²) < 4.78 is 39.2. The molecule has 1 atom stereocenters. The third-order valence-corrected chi connectivity index (χ3v) is 4.87. The maximum Gasteiger partial charge on any atom is 0.418 e. The maximum atomic E-state index is 13.1. The highest BCUT2D eigenvalue weighted by molar-refractivity contribution is 7.10. The second kappa shape index (κ2) is 8.37.